The molecule has 0 N–H and O–H groups in total. The van der Waals surface area contributed by atoms with Gasteiger partial charge in [0.2, 0.25) is 0 Å². The van der Waals surface area contributed by atoms with Gasteiger partial charge in [-0.3, -0.25) is 4.98 Å². The monoisotopic (exact) mass is 587 g/mol. The van der Waals surface area contributed by atoms with E-state index in [4.69, 9.17) is 19.9 Å². The summed E-state index contributed by atoms with van der Waals surface area (Å²) in [5.74, 6) is 0.660. The van der Waals surface area contributed by atoms with Gasteiger partial charge in [0.25, 0.3) is 0 Å². The Morgan fingerprint density at radius 2 is 1.04 bits per heavy atom. The van der Waals surface area contributed by atoms with Gasteiger partial charge in [-0.15, -0.1) is 0 Å². The first-order valence-corrected chi connectivity index (χ1v) is 15.3. The van der Waals surface area contributed by atoms with E-state index in [0.29, 0.717) is 5.82 Å². The summed E-state index contributed by atoms with van der Waals surface area (Å²) in [5, 5.41) is 4.10. The van der Waals surface area contributed by atoms with Gasteiger partial charge in [-0.2, -0.15) is 0 Å². The van der Waals surface area contributed by atoms with Gasteiger partial charge in [-0.1, -0.05) is 115 Å². The minimum absolute atomic E-state index is 0.660. The fraction of sp³-hybridized carbons (Fsp3) is 0. The Labute approximate surface area is 264 Å². The average molecular weight is 588 g/mol. The van der Waals surface area contributed by atoms with Gasteiger partial charge < -0.3 is 0 Å². The van der Waals surface area contributed by atoms with Crippen LogP contribution in [0.5, 0.6) is 0 Å². The normalized spacial score (nSPS) is 11.5. The summed E-state index contributed by atoms with van der Waals surface area (Å²) in [6.07, 6.45) is 1.83. The third kappa shape index (κ3) is 4.45. The quantitative estimate of drug-likeness (QED) is 0.151. The van der Waals surface area contributed by atoms with Gasteiger partial charge in [0.15, 0.2) is 5.82 Å². The zero-order valence-corrected chi connectivity index (χ0v) is 24.7. The van der Waals surface area contributed by atoms with Crippen molar-refractivity contribution in [1.29, 1.82) is 0 Å². The van der Waals surface area contributed by atoms with E-state index in [1.54, 1.807) is 0 Å². The molecule has 9 aromatic rings. The number of pyridine rings is 3. The highest BCUT2D eigenvalue weighted by atomic mass is 14.9. The molecule has 0 aliphatic rings. The second-order valence-corrected chi connectivity index (χ2v) is 11.3. The van der Waals surface area contributed by atoms with Crippen LogP contribution in [0.2, 0.25) is 0 Å². The zero-order valence-electron chi connectivity index (χ0n) is 24.7. The first-order chi connectivity index (χ1) is 22.8. The van der Waals surface area contributed by atoms with Gasteiger partial charge in [0, 0.05) is 50.0 Å². The summed E-state index contributed by atoms with van der Waals surface area (Å²) in [5.41, 5.74) is 10.2. The van der Waals surface area contributed by atoms with E-state index in [0.717, 1.165) is 82.9 Å². The van der Waals surface area contributed by atoms with E-state index < -0.39 is 0 Å². The first kappa shape index (κ1) is 26.1. The van der Waals surface area contributed by atoms with Crippen molar-refractivity contribution in [2.45, 2.75) is 0 Å². The molecule has 0 aliphatic carbocycles. The maximum Gasteiger partial charge on any atom is 0.160 e. The van der Waals surface area contributed by atoms with Gasteiger partial charge in [-0.05, 0) is 30.3 Å². The fourth-order valence-corrected chi connectivity index (χ4v) is 6.23. The van der Waals surface area contributed by atoms with E-state index in [2.05, 4.69) is 89.9 Å². The van der Waals surface area contributed by atoms with E-state index in [1.165, 1.54) is 0 Å². The molecule has 0 unspecified atom stereocenters. The van der Waals surface area contributed by atoms with Crippen LogP contribution >= 0.6 is 0 Å². The lowest BCUT2D eigenvalue weighted by Crippen LogP contribution is -1.97. The third-order valence-electron chi connectivity index (χ3n) is 8.46. The van der Waals surface area contributed by atoms with E-state index in [9.17, 15) is 0 Å². The number of aromatic nitrogens is 5. The minimum Gasteiger partial charge on any atom is -0.254 e. The lowest BCUT2D eigenvalue weighted by molar-refractivity contribution is 1.18. The molecule has 0 fully saturated rings. The lowest BCUT2D eigenvalue weighted by atomic mass is 9.99. The molecule has 0 atom stereocenters. The Kier molecular flexibility index (Phi) is 6.06. The van der Waals surface area contributed by atoms with Crippen molar-refractivity contribution in [3.05, 3.63) is 152 Å². The van der Waals surface area contributed by atoms with Gasteiger partial charge in [-0.25, -0.2) is 19.9 Å². The molecule has 0 saturated carbocycles. The molecule has 46 heavy (non-hydrogen) atoms. The van der Waals surface area contributed by atoms with Crippen molar-refractivity contribution in [2.75, 3.05) is 0 Å². The highest BCUT2D eigenvalue weighted by Gasteiger charge is 2.16. The van der Waals surface area contributed by atoms with Crippen molar-refractivity contribution in [3.63, 3.8) is 0 Å². The zero-order chi connectivity index (χ0) is 30.5. The van der Waals surface area contributed by atoms with Crippen molar-refractivity contribution < 1.29 is 0 Å². The largest absolute Gasteiger partial charge is 0.254 e. The van der Waals surface area contributed by atoms with Gasteiger partial charge in [0.05, 0.1) is 39.1 Å². The third-order valence-corrected chi connectivity index (χ3v) is 8.46. The molecule has 0 bridgehead atoms. The number of rotatable bonds is 4. The molecule has 9 rings (SSSR count). The van der Waals surface area contributed by atoms with E-state index >= 15 is 0 Å². The molecule has 0 saturated heterocycles. The highest BCUT2D eigenvalue weighted by Crippen LogP contribution is 2.36. The Hall–Kier alpha value is -6.33. The summed E-state index contributed by atoms with van der Waals surface area (Å²) >= 11 is 0. The SMILES string of the molecule is c1ccc(-c2cc(-c3ccccc3)nc(-c3cccc(-c4nc5ccccc5c5nc6c(ccc7cccnc76)cc45)c3)n2)cc1. The smallest absolute Gasteiger partial charge is 0.160 e. The highest BCUT2D eigenvalue weighted by molar-refractivity contribution is 6.15. The van der Waals surface area contributed by atoms with Crippen LogP contribution in [0.1, 0.15) is 0 Å². The Morgan fingerprint density at radius 1 is 0.370 bits per heavy atom. The molecule has 0 radical (unpaired) electrons. The Balaban J connectivity index is 1.27. The molecule has 0 amide bonds. The van der Waals surface area contributed by atoms with Crippen LogP contribution in [0, 0.1) is 0 Å². The van der Waals surface area contributed by atoms with E-state index in [1.807, 2.05) is 66.9 Å². The molecule has 4 aromatic heterocycles. The van der Waals surface area contributed by atoms with Crippen LogP contribution in [-0.2, 0) is 0 Å². The molecule has 0 aliphatic heterocycles. The van der Waals surface area contributed by atoms with Crippen LogP contribution < -0.4 is 0 Å². The summed E-state index contributed by atoms with van der Waals surface area (Å²) in [6, 6.07) is 49.6. The summed E-state index contributed by atoms with van der Waals surface area (Å²) in [4.78, 5) is 25.3. The lowest BCUT2D eigenvalue weighted by Gasteiger charge is -2.13. The van der Waals surface area contributed by atoms with Gasteiger partial charge >= 0.3 is 0 Å². The molecule has 5 nitrogen and oxygen atoms in total. The number of nitrogens with zero attached hydrogens (tertiary/aromatic N) is 5. The second-order valence-electron chi connectivity index (χ2n) is 11.3. The second kappa shape index (κ2) is 10.7. The standard InChI is InChI=1S/C41H25N5/c1-3-11-26(12-4-1)35-25-36(27-13-5-2-6-14-27)45-41(44-35)31-16-9-15-29(23-31)37-33-24-30-21-20-28-17-10-22-42-38(28)39(30)46-40(33)32-18-7-8-19-34(32)43-37/h1-25H. The van der Waals surface area contributed by atoms with Crippen molar-refractivity contribution >= 4 is 43.6 Å². The molecular formula is C41H25N5. The summed E-state index contributed by atoms with van der Waals surface area (Å²) < 4.78 is 0. The maximum atomic E-state index is 5.26. The minimum atomic E-state index is 0.660. The van der Waals surface area contributed by atoms with Crippen molar-refractivity contribution in [1.82, 2.24) is 24.9 Å². The topological polar surface area (TPSA) is 64.5 Å². The molecule has 5 heteroatoms. The molecule has 4 heterocycles. The van der Waals surface area contributed by atoms with Crippen LogP contribution in [-0.4, -0.2) is 24.9 Å². The van der Waals surface area contributed by atoms with Crippen molar-refractivity contribution in [2.24, 2.45) is 0 Å². The van der Waals surface area contributed by atoms with Crippen LogP contribution in [0.15, 0.2) is 152 Å². The number of hydrogen-bond donors (Lipinski definition) is 0. The van der Waals surface area contributed by atoms with Crippen molar-refractivity contribution in [3.8, 4) is 45.2 Å². The maximum absolute atomic E-state index is 5.26. The average Bonchev–Trinajstić information content (AvgIpc) is 3.14. The number of benzene rings is 5. The Morgan fingerprint density at radius 3 is 1.83 bits per heavy atom. The molecule has 214 valence electrons. The number of fused-ring (bicyclic) bond motifs is 6. The molecule has 0 spiro atoms. The number of hydrogen-bond acceptors (Lipinski definition) is 5. The predicted octanol–water partition coefficient (Wildman–Crippen LogP) is 9.94. The fourth-order valence-electron chi connectivity index (χ4n) is 6.23. The molecular weight excluding hydrogens is 562 g/mol. The van der Waals surface area contributed by atoms with Crippen LogP contribution in [0.25, 0.3) is 88.8 Å². The van der Waals surface area contributed by atoms with Crippen LogP contribution in [0.3, 0.4) is 0 Å². The summed E-state index contributed by atoms with van der Waals surface area (Å²) in [7, 11) is 0. The summed E-state index contributed by atoms with van der Waals surface area (Å²) in [6.45, 7) is 0. The number of para-hydroxylation sites is 1. The predicted molar refractivity (Wildman–Crippen MR) is 187 cm³/mol. The van der Waals surface area contributed by atoms with E-state index in [-0.39, 0.29) is 0 Å². The molecule has 5 aromatic carbocycles. The van der Waals surface area contributed by atoms with Gasteiger partial charge in [0.1, 0.15) is 0 Å². The van der Waals surface area contributed by atoms with Crippen LogP contribution in [0.4, 0.5) is 0 Å². The first-order valence-electron chi connectivity index (χ1n) is 15.3. The Bertz CT molecular complexity index is 2520.